The number of carbonyl (C=O) groups excluding carboxylic acids is 1. The predicted octanol–water partition coefficient (Wildman–Crippen LogP) is 3.81. The summed E-state index contributed by atoms with van der Waals surface area (Å²) in [5.74, 6) is 0.799. The normalized spacial score (nSPS) is 17.4. The summed E-state index contributed by atoms with van der Waals surface area (Å²) < 4.78 is 13.0. The van der Waals surface area contributed by atoms with Gasteiger partial charge in [0.25, 0.3) is 0 Å². The second kappa shape index (κ2) is 8.88. The lowest BCUT2D eigenvalue weighted by Crippen LogP contribution is -2.36. The summed E-state index contributed by atoms with van der Waals surface area (Å²) in [5.41, 5.74) is 2.89. The molecule has 6 nitrogen and oxygen atoms in total. The lowest BCUT2D eigenvalue weighted by atomic mass is 10.2. The number of amides is 1. The molecule has 2 aromatic carbocycles. The third-order valence-electron chi connectivity index (χ3n) is 5.04. The monoisotopic (exact) mass is 411 g/mol. The van der Waals surface area contributed by atoms with Crippen LogP contribution in [0.15, 0.2) is 53.7 Å². The first-order chi connectivity index (χ1) is 14.2. The Bertz CT molecular complexity index is 981. The number of nitrogens with zero attached hydrogens (tertiary/aromatic N) is 2. The van der Waals surface area contributed by atoms with Gasteiger partial charge in [-0.15, -0.1) is 0 Å². The van der Waals surface area contributed by atoms with Crippen molar-refractivity contribution >= 4 is 28.7 Å². The van der Waals surface area contributed by atoms with E-state index in [-0.39, 0.29) is 17.3 Å². The molecule has 2 atom stereocenters. The molecular weight excluding hydrogens is 386 g/mol. The average Bonchev–Trinajstić information content (AvgIpc) is 3.39. The zero-order valence-corrected chi connectivity index (χ0v) is 17.4. The van der Waals surface area contributed by atoms with Crippen LogP contribution in [0.3, 0.4) is 0 Å². The van der Waals surface area contributed by atoms with Crippen LogP contribution in [0, 0.1) is 0 Å². The molecule has 1 amide bonds. The number of ether oxygens (including phenoxy) is 2. The fraction of sp³-hybridized carbons (Fsp3) is 0.364. The van der Waals surface area contributed by atoms with Crippen molar-refractivity contribution in [2.75, 3.05) is 20.3 Å². The number of rotatable bonds is 7. The molecule has 4 rings (SSSR count). The van der Waals surface area contributed by atoms with Crippen molar-refractivity contribution in [2.24, 2.45) is 0 Å². The number of aromatic nitrogens is 2. The second-order valence-electron chi connectivity index (χ2n) is 7.06. The molecular formula is C22H25N3O3S. The van der Waals surface area contributed by atoms with E-state index in [2.05, 4.69) is 9.88 Å². The van der Waals surface area contributed by atoms with Crippen molar-refractivity contribution in [2.45, 2.75) is 36.3 Å². The second-order valence-corrected chi connectivity index (χ2v) is 8.36. The van der Waals surface area contributed by atoms with Crippen LogP contribution in [0.25, 0.3) is 16.7 Å². The van der Waals surface area contributed by atoms with Crippen LogP contribution in [0.5, 0.6) is 5.75 Å². The summed E-state index contributed by atoms with van der Waals surface area (Å²) in [4.78, 5) is 17.4. The van der Waals surface area contributed by atoms with Crippen molar-refractivity contribution in [1.29, 1.82) is 0 Å². The first kappa shape index (κ1) is 19.8. The Morgan fingerprint density at radius 3 is 2.83 bits per heavy atom. The molecule has 3 aromatic rings. The van der Waals surface area contributed by atoms with Gasteiger partial charge in [-0.1, -0.05) is 23.9 Å². The minimum absolute atomic E-state index is 0.00108. The molecule has 1 saturated heterocycles. The predicted molar refractivity (Wildman–Crippen MR) is 115 cm³/mol. The Morgan fingerprint density at radius 1 is 1.31 bits per heavy atom. The summed E-state index contributed by atoms with van der Waals surface area (Å²) >= 11 is 1.46. The van der Waals surface area contributed by atoms with E-state index >= 15 is 0 Å². The van der Waals surface area contributed by atoms with Crippen LogP contribution in [0.2, 0.25) is 0 Å². The van der Waals surface area contributed by atoms with Crippen LogP contribution in [-0.2, 0) is 9.53 Å². The lowest BCUT2D eigenvalue weighted by molar-refractivity contribution is -0.120. The van der Waals surface area contributed by atoms with Gasteiger partial charge in [0.1, 0.15) is 5.75 Å². The van der Waals surface area contributed by atoms with Crippen molar-refractivity contribution in [3.63, 3.8) is 0 Å². The average molecular weight is 412 g/mol. The molecule has 2 unspecified atom stereocenters. The number of fused-ring (bicyclic) bond motifs is 1. The highest BCUT2D eigenvalue weighted by Gasteiger charge is 2.22. The van der Waals surface area contributed by atoms with Crippen molar-refractivity contribution < 1.29 is 14.3 Å². The van der Waals surface area contributed by atoms with Gasteiger partial charge < -0.3 is 14.8 Å². The van der Waals surface area contributed by atoms with Gasteiger partial charge in [-0.2, -0.15) is 0 Å². The summed E-state index contributed by atoms with van der Waals surface area (Å²) in [6.07, 6.45) is 2.21. The highest BCUT2D eigenvalue weighted by Crippen LogP contribution is 2.31. The smallest absolute Gasteiger partial charge is 0.233 e. The van der Waals surface area contributed by atoms with Gasteiger partial charge in [-0.05, 0) is 56.2 Å². The van der Waals surface area contributed by atoms with E-state index in [4.69, 9.17) is 14.5 Å². The molecule has 1 fully saturated rings. The Hall–Kier alpha value is -2.51. The maximum absolute atomic E-state index is 12.6. The molecule has 0 spiro atoms. The van der Waals surface area contributed by atoms with Crippen LogP contribution in [-0.4, -0.2) is 47.1 Å². The van der Waals surface area contributed by atoms with E-state index in [1.165, 1.54) is 11.8 Å². The summed E-state index contributed by atoms with van der Waals surface area (Å²) in [5, 5.41) is 3.53. The van der Waals surface area contributed by atoms with Gasteiger partial charge in [-0.3, -0.25) is 9.36 Å². The van der Waals surface area contributed by atoms with Gasteiger partial charge in [0.2, 0.25) is 5.91 Å². The number of imidazole rings is 1. The molecule has 152 valence electrons. The minimum Gasteiger partial charge on any atom is -0.497 e. The lowest BCUT2D eigenvalue weighted by Gasteiger charge is -2.15. The van der Waals surface area contributed by atoms with Gasteiger partial charge in [0.05, 0.1) is 29.5 Å². The third kappa shape index (κ3) is 4.41. The van der Waals surface area contributed by atoms with Crippen molar-refractivity contribution in [3.8, 4) is 11.4 Å². The quantitative estimate of drug-likeness (QED) is 0.599. The molecule has 7 heteroatoms. The van der Waals surface area contributed by atoms with E-state index in [0.717, 1.165) is 47.1 Å². The Labute approximate surface area is 174 Å². The standard InChI is InChI=1S/C22H25N3O3S/c1-15(21(26)23-14-18-6-5-13-28-18)29-22-24-19-7-3-4-8-20(19)25(22)16-9-11-17(27-2)12-10-16/h3-4,7-12,15,18H,5-6,13-14H2,1-2H3,(H,23,26). The molecule has 0 aliphatic carbocycles. The summed E-state index contributed by atoms with van der Waals surface area (Å²) in [6, 6.07) is 15.8. The number of methoxy groups -OCH3 is 1. The Kier molecular flexibility index (Phi) is 6.06. The van der Waals surface area contributed by atoms with Crippen molar-refractivity contribution in [1.82, 2.24) is 14.9 Å². The molecule has 0 bridgehead atoms. The van der Waals surface area contributed by atoms with E-state index < -0.39 is 0 Å². The Balaban J connectivity index is 1.56. The highest BCUT2D eigenvalue weighted by atomic mass is 32.2. The molecule has 0 saturated carbocycles. The topological polar surface area (TPSA) is 65.4 Å². The van der Waals surface area contributed by atoms with Gasteiger partial charge in [-0.25, -0.2) is 4.98 Å². The van der Waals surface area contributed by atoms with Gasteiger partial charge in [0.15, 0.2) is 5.16 Å². The number of nitrogens with one attached hydrogen (secondary N) is 1. The van der Waals surface area contributed by atoms with Crippen LogP contribution >= 0.6 is 11.8 Å². The van der Waals surface area contributed by atoms with Crippen LogP contribution < -0.4 is 10.1 Å². The van der Waals surface area contributed by atoms with Crippen LogP contribution in [0.1, 0.15) is 19.8 Å². The molecule has 1 aliphatic rings. The first-order valence-electron chi connectivity index (χ1n) is 9.83. The number of hydrogen-bond donors (Lipinski definition) is 1. The molecule has 1 aliphatic heterocycles. The van der Waals surface area contributed by atoms with E-state index in [9.17, 15) is 4.79 Å². The van der Waals surface area contributed by atoms with Gasteiger partial charge >= 0.3 is 0 Å². The van der Waals surface area contributed by atoms with Gasteiger partial charge in [0, 0.05) is 18.8 Å². The number of hydrogen-bond acceptors (Lipinski definition) is 5. The number of carbonyl (C=O) groups is 1. The summed E-state index contributed by atoms with van der Waals surface area (Å²) in [6.45, 7) is 3.27. The molecule has 29 heavy (non-hydrogen) atoms. The minimum atomic E-state index is -0.273. The molecule has 1 aromatic heterocycles. The molecule has 0 radical (unpaired) electrons. The van der Waals surface area contributed by atoms with Crippen LogP contribution in [0.4, 0.5) is 0 Å². The maximum atomic E-state index is 12.6. The fourth-order valence-electron chi connectivity index (χ4n) is 3.44. The molecule has 2 heterocycles. The number of thioether (sulfide) groups is 1. The van der Waals surface area contributed by atoms with E-state index in [1.54, 1.807) is 7.11 Å². The molecule has 1 N–H and O–H groups in total. The number of benzene rings is 2. The Morgan fingerprint density at radius 2 is 2.10 bits per heavy atom. The SMILES string of the molecule is COc1ccc(-n2c(SC(C)C(=O)NCC3CCCO3)nc3ccccc32)cc1. The zero-order chi connectivity index (χ0) is 20.2. The fourth-order valence-corrected chi connectivity index (χ4v) is 4.41. The highest BCUT2D eigenvalue weighted by molar-refractivity contribution is 8.00. The maximum Gasteiger partial charge on any atom is 0.233 e. The third-order valence-corrected chi connectivity index (χ3v) is 6.09. The van der Waals surface area contributed by atoms with Crippen molar-refractivity contribution in [3.05, 3.63) is 48.5 Å². The largest absolute Gasteiger partial charge is 0.497 e. The summed E-state index contributed by atoms with van der Waals surface area (Å²) in [7, 11) is 1.65. The van der Waals surface area contributed by atoms with E-state index in [0.29, 0.717) is 6.54 Å². The number of para-hydroxylation sites is 2. The first-order valence-corrected chi connectivity index (χ1v) is 10.7. The zero-order valence-electron chi connectivity index (χ0n) is 16.6. The van der Waals surface area contributed by atoms with E-state index in [1.807, 2.05) is 55.5 Å².